The number of phenolic OH excluding ortho intramolecular Hbond substituents is 1. The number of carboxylic acids is 1. The lowest BCUT2D eigenvalue weighted by molar-refractivity contribution is -0.136. The van der Waals surface area contributed by atoms with Gasteiger partial charge in [0, 0.05) is 5.56 Å². The number of benzene rings is 1. The van der Waals surface area contributed by atoms with E-state index in [1.165, 1.54) is 0 Å². The number of hydrogen-bond acceptors (Lipinski definition) is 2. The smallest absolute Gasteiger partial charge is 0.307 e. The third-order valence-electron chi connectivity index (χ3n) is 3.11. The molecular weight excluding hydrogens is 192 g/mol. The Kier molecular flexibility index (Phi) is 3.03. The van der Waals surface area contributed by atoms with E-state index in [-0.39, 0.29) is 12.2 Å². The molecule has 0 saturated heterocycles. The monoisotopic (exact) mass is 208 g/mol. The van der Waals surface area contributed by atoms with Crippen LogP contribution in [-0.2, 0) is 11.2 Å². The van der Waals surface area contributed by atoms with E-state index in [4.69, 9.17) is 5.11 Å². The highest BCUT2D eigenvalue weighted by molar-refractivity contribution is 5.73. The SMILES string of the molecule is Cc1c(C)c(C)c(CC(=O)O)c(O)c1C. The molecule has 0 unspecified atom stereocenters. The zero-order valence-corrected chi connectivity index (χ0v) is 9.51. The second-order valence-corrected chi connectivity index (χ2v) is 3.90. The van der Waals surface area contributed by atoms with E-state index < -0.39 is 5.97 Å². The van der Waals surface area contributed by atoms with Gasteiger partial charge in [-0.3, -0.25) is 4.79 Å². The number of phenols is 1. The van der Waals surface area contributed by atoms with Gasteiger partial charge in [-0.05, 0) is 49.9 Å². The van der Waals surface area contributed by atoms with E-state index in [1.54, 1.807) is 0 Å². The Bertz CT molecular complexity index is 390. The third kappa shape index (κ3) is 1.96. The van der Waals surface area contributed by atoms with Gasteiger partial charge in [0.2, 0.25) is 0 Å². The minimum Gasteiger partial charge on any atom is -0.507 e. The third-order valence-corrected chi connectivity index (χ3v) is 3.11. The number of carboxylic acid groups (broad SMARTS) is 1. The molecule has 1 rings (SSSR count). The Morgan fingerprint density at radius 1 is 1.00 bits per heavy atom. The van der Waals surface area contributed by atoms with Gasteiger partial charge < -0.3 is 10.2 Å². The van der Waals surface area contributed by atoms with E-state index in [1.807, 2.05) is 27.7 Å². The first-order chi connectivity index (χ1) is 6.86. The Balaban J connectivity index is 3.45. The summed E-state index contributed by atoms with van der Waals surface area (Å²) in [6.07, 6.45) is -0.125. The maximum atomic E-state index is 10.7. The van der Waals surface area contributed by atoms with Crippen LogP contribution < -0.4 is 0 Å². The van der Waals surface area contributed by atoms with Crippen molar-refractivity contribution in [3.05, 3.63) is 27.8 Å². The van der Waals surface area contributed by atoms with Crippen molar-refractivity contribution in [2.45, 2.75) is 34.1 Å². The lowest BCUT2D eigenvalue weighted by atomic mass is 9.92. The van der Waals surface area contributed by atoms with Gasteiger partial charge in [0.1, 0.15) is 5.75 Å². The van der Waals surface area contributed by atoms with Crippen LogP contribution in [0.3, 0.4) is 0 Å². The van der Waals surface area contributed by atoms with Crippen LogP contribution in [-0.4, -0.2) is 16.2 Å². The Morgan fingerprint density at radius 2 is 1.47 bits per heavy atom. The second kappa shape index (κ2) is 3.93. The van der Waals surface area contributed by atoms with E-state index in [0.717, 1.165) is 22.3 Å². The first-order valence-corrected chi connectivity index (χ1v) is 4.86. The summed E-state index contributed by atoms with van der Waals surface area (Å²) in [7, 11) is 0. The number of rotatable bonds is 2. The zero-order valence-electron chi connectivity index (χ0n) is 9.51. The van der Waals surface area contributed by atoms with Gasteiger partial charge >= 0.3 is 5.97 Å². The first kappa shape index (κ1) is 11.6. The predicted octanol–water partition coefficient (Wildman–Crippen LogP) is 2.25. The molecule has 1 aromatic rings. The fraction of sp³-hybridized carbons (Fsp3) is 0.417. The van der Waals surface area contributed by atoms with Crippen molar-refractivity contribution in [2.24, 2.45) is 0 Å². The Labute approximate surface area is 89.4 Å². The van der Waals surface area contributed by atoms with E-state index in [0.29, 0.717) is 5.56 Å². The maximum absolute atomic E-state index is 10.7. The number of carbonyl (C=O) groups is 1. The van der Waals surface area contributed by atoms with Gasteiger partial charge in [-0.25, -0.2) is 0 Å². The normalized spacial score (nSPS) is 10.4. The predicted molar refractivity (Wildman–Crippen MR) is 58.4 cm³/mol. The van der Waals surface area contributed by atoms with Crippen LogP contribution in [0.1, 0.15) is 27.8 Å². The molecule has 0 atom stereocenters. The van der Waals surface area contributed by atoms with Crippen molar-refractivity contribution in [3.8, 4) is 5.75 Å². The van der Waals surface area contributed by atoms with Gasteiger partial charge in [0.15, 0.2) is 0 Å². The summed E-state index contributed by atoms with van der Waals surface area (Å²) in [4.78, 5) is 10.7. The van der Waals surface area contributed by atoms with Gasteiger partial charge in [0.25, 0.3) is 0 Å². The topological polar surface area (TPSA) is 57.5 Å². The standard InChI is InChI=1S/C12H16O3/c1-6-7(2)9(4)12(15)10(8(6)3)5-11(13)14/h15H,5H2,1-4H3,(H,13,14). The summed E-state index contributed by atoms with van der Waals surface area (Å²) in [5.41, 5.74) is 4.26. The molecule has 0 radical (unpaired) electrons. The molecule has 2 N–H and O–H groups in total. The van der Waals surface area contributed by atoms with Crippen molar-refractivity contribution in [1.82, 2.24) is 0 Å². The quantitative estimate of drug-likeness (QED) is 0.783. The largest absolute Gasteiger partial charge is 0.507 e. The molecule has 0 aliphatic rings. The summed E-state index contributed by atoms with van der Waals surface area (Å²) < 4.78 is 0. The van der Waals surface area contributed by atoms with Crippen molar-refractivity contribution in [1.29, 1.82) is 0 Å². The van der Waals surface area contributed by atoms with Crippen LogP contribution in [0, 0.1) is 27.7 Å². The lowest BCUT2D eigenvalue weighted by Crippen LogP contribution is -2.06. The lowest BCUT2D eigenvalue weighted by Gasteiger charge is -2.15. The molecule has 15 heavy (non-hydrogen) atoms. The molecule has 3 heteroatoms. The van der Waals surface area contributed by atoms with Crippen molar-refractivity contribution in [2.75, 3.05) is 0 Å². The van der Waals surface area contributed by atoms with E-state index in [9.17, 15) is 9.90 Å². The van der Waals surface area contributed by atoms with Gasteiger partial charge in [-0.15, -0.1) is 0 Å². The molecule has 82 valence electrons. The van der Waals surface area contributed by atoms with Gasteiger partial charge in [-0.1, -0.05) is 0 Å². The molecule has 0 aliphatic carbocycles. The van der Waals surface area contributed by atoms with Gasteiger partial charge in [-0.2, -0.15) is 0 Å². The van der Waals surface area contributed by atoms with Crippen molar-refractivity contribution in [3.63, 3.8) is 0 Å². The highest BCUT2D eigenvalue weighted by Gasteiger charge is 2.16. The van der Waals surface area contributed by atoms with Crippen LogP contribution in [0.4, 0.5) is 0 Å². The number of hydrogen-bond donors (Lipinski definition) is 2. The molecule has 3 nitrogen and oxygen atoms in total. The molecule has 0 amide bonds. The second-order valence-electron chi connectivity index (χ2n) is 3.90. The van der Waals surface area contributed by atoms with Crippen molar-refractivity contribution < 1.29 is 15.0 Å². The Morgan fingerprint density at radius 3 is 1.93 bits per heavy atom. The minimum absolute atomic E-state index is 0.123. The molecule has 0 spiro atoms. The molecule has 0 saturated carbocycles. The van der Waals surface area contributed by atoms with Crippen molar-refractivity contribution >= 4 is 5.97 Å². The zero-order chi connectivity index (χ0) is 11.7. The van der Waals surface area contributed by atoms with Crippen LogP contribution in [0.15, 0.2) is 0 Å². The maximum Gasteiger partial charge on any atom is 0.307 e. The molecule has 0 aliphatic heterocycles. The van der Waals surface area contributed by atoms with Crippen LogP contribution in [0.5, 0.6) is 5.75 Å². The summed E-state index contributed by atoms with van der Waals surface area (Å²) in [6, 6.07) is 0. The fourth-order valence-corrected chi connectivity index (χ4v) is 1.74. The summed E-state index contributed by atoms with van der Waals surface area (Å²) in [5.74, 6) is -0.797. The van der Waals surface area contributed by atoms with Gasteiger partial charge in [0.05, 0.1) is 6.42 Å². The first-order valence-electron chi connectivity index (χ1n) is 4.86. The van der Waals surface area contributed by atoms with Crippen LogP contribution in [0.25, 0.3) is 0 Å². The Hall–Kier alpha value is -1.51. The number of aliphatic carboxylic acids is 1. The molecule has 0 fully saturated rings. The molecule has 0 heterocycles. The summed E-state index contributed by atoms with van der Waals surface area (Å²) in [5, 5.41) is 18.6. The van der Waals surface area contributed by atoms with E-state index in [2.05, 4.69) is 0 Å². The number of aromatic hydroxyl groups is 1. The molecule has 0 aromatic heterocycles. The highest BCUT2D eigenvalue weighted by Crippen LogP contribution is 2.31. The fourth-order valence-electron chi connectivity index (χ4n) is 1.74. The molecule has 0 bridgehead atoms. The molecule has 1 aromatic carbocycles. The average Bonchev–Trinajstić information content (AvgIpc) is 2.18. The van der Waals surface area contributed by atoms with Crippen LogP contribution in [0.2, 0.25) is 0 Å². The average molecular weight is 208 g/mol. The van der Waals surface area contributed by atoms with E-state index >= 15 is 0 Å². The summed E-state index contributed by atoms with van der Waals surface area (Å²) in [6.45, 7) is 7.53. The highest BCUT2D eigenvalue weighted by atomic mass is 16.4. The summed E-state index contributed by atoms with van der Waals surface area (Å²) >= 11 is 0. The molecular formula is C12H16O3. The van der Waals surface area contributed by atoms with Crippen LogP contribution >= 0.6 is 0 Å². The minimum atomic E-state index is -0.920.